The molecule has 152 valence electrons. The summed E-state index contributed by atoms with van der Waals surface area (Å²) in [7, 11) is 2.82. The lowest BCUT2D eigenvalue weighted by molar-refractivity contribution is -0.422. The number of ether oxygens (including phenoxy) is 2. The van der Waals surface area contributed by atoms with Crippen LogP contribution >= 0.6 is 11.6 Å². The number of nitrogens with zero attached hydrogens (tertiary/aromatic N) is 4. The molecule has 29 heavy (non-hydrogen) atoms. The summed E-state index contributed by atoms with van der Waals surface area (Å²) in [6, 6.07) is 5.24. The number of nitro groups is 2. The Labute approximate surface area is 168 Å². The second-order valence-corrected chi connectivity index (χ2v) is 5.92. The lowest BCUT2D eigenvalue weighted by atomic mass is 10.2. The third kappa shape index (κ3) is 4.96. The van der Waals surface area contributed by atoms with E-state index in [4.69, 9.17) is 16.3 Å². The maximum Gasteiger partial charge on any atom is 0.350 e. The number of halogens is 1. The van der Waals surface area contributed by atoms with E-state index >= 15 is 0 Å². The molecule has 2 aromatic carbocycles. The van der Waals surface area contributed by atoms with Gasteiger partial charge in [-0.05, 0) is 18.6 Å². The average molecular weight is 423 g/mol. The zero-order chi connectivity index (χ0) is 21.7. The summed E-state index contributed by atoms with van der Waals surface area (Å²) >= 11 is 5.74. The molecule has 0 aliphatic rings. The summed E-state index contributed by atoms with van der Waals surface area (Å²) in [5.74, 6) is 0.108. The molecule has 1 aromatic heterocycles. The first-order valence-electron chi connectivity index (χ1n) is 7.84. The van der Waals surface area contributed by atoms with Crippen molar-refractivity contribution in [2.24, 2.45) is 0 Å². The molecule has 0 amide bonds. The third-order valence-corrected chi connectivity index (χ3v) is 3.88. The van der Waals surface area contributed by atoms with Gasteiger partial charge in [0.1, 0.15) is 10.9 Å². The van der Waals surface area contributed by atoms with E-state index in [1.54, 1.807) is 7.11 Å². The standard InChI is InChI=1S/C10H9ClN2O.C7H6N2O6/c1-6-3-8-7(4-9(6)14-2)12-5-10(11)13-8;1-15-7-3-5(9(13)14)4(8(11)12)2-6(7)10/h3-5H,1-2H3;2-3,10H,1H3. The number of aromatic hydroxyl groups is 1. The van der Waals surface area contributed by atoms with Crippen molar-refractivity contribution in [3.8, 4) is 17.2 Å². The summed E-state index contributed by atoms with van der Waals surface area (Å²) < 4.78 is 9.78. The smallest absolute Gasteiger partial charge is 0.350 e. The van der Waals surface area contributed by atoms with Gasteiger partial charge in [0.15, 0.2) is 11.5 Å². The molecule has 11 nitrogen and oxygen atoms in total. The van der Waals surface area contributed by atoms with Crippen molar-refractivity contribution in [2.45, 2.75) is 6.92 Å². The number of phenols is 1. The van der Waals surface area contributed by atoms with E-state index in [1.807, 2.05) is 19.1 Å². The zero-order valence-electron chi connectivity index (χ0n) is 15.5. The van der Waals surface area contributed by atoms with Gasteiger partial charge in [0.25, 0.3) is 0 Å². The fourth-order valence-electron chi connectivity index (χ4n) is 2.34. The molecule has 0 radical (unpaired) electrons. The van der Waals surface area contributed by atoms with Gasteiger partial charge in [-0.25, -0.2) is 4.98 Å². The first kappa shape index (κ1) is 21.6. The molecule has 0 atom stereocenters. The summed E-state index contributed by atoms with van der Waals surface area (Å²) in [6.45, 7) is 1.96. The van der Waals surface area contributed by atoms with Crippen molar-refractivity contribution >= 4 is 34.0 Å². The lowest BCUT2D eigenvalue weighted by Crippen LogP contribution is -1.97. The number of hydrogen-bond donors (Lipinski definition) is 1. The first-order chi connectivity index (χ1) is 13.7. The molecular weight excluding hydrogens is 408 g/mol. The monoisotopic (exact) mass is 422 g/mol. The van der Waals surface area contributed by atoms with Crippen molar-refractivity contribution in [3.05, 3.63) is 61.4 Å². The van der Waals surface area contributed by atoms with Gasteiger partial charge in [-0.1, -0.05) is 11.6 Å². The Morgan fingerprint density at radius 2 is 1.55 bits per heavy atom. The minimum atomic E-state index is -0.947. The highest BCUT2D eigenvalue weighted by Crippen LogP contribution is 2.37. The van der Waals surface area contributed by atoms with E-state index in [-0.39, 0.29) is 5.75 Å². The second-order valence-electron chi connectivity index (χ2n) is 5.53. The minimum Gasteiger partial charge on any atom is -0.504 e. The molecule has 0 fully saturated rings. The molecule has 0 aliphatic heterocycles. The van der Waals surface area contributed by atoms with E-state index < -0.39 is 27.0 Å². The summed E-state index contributed by atoms with van der Waals surface area (Å²) in [4.78, 5) is 27.3. The molecule has 0 bridgehead atoms. The van der Waals surface area contributed by atoms with Gasteiger partial charge in [0.05, 0.1) is 53.4 Å². The highest BCUT2D eigenvalue weighted by atomic mass is 35.5. The fraction of sp³-hybridized carbons (Fsp3) is 0.176. The number of phenolic OH excluding ortho intramolecular Hbond substituents is 1. The molecule has 0 unspecified atom stereocenters. The SMILES string of the molecule is COc1cc([N+](=O)[O-])c([N+](=O)[O-])cc1O.COc1cc2ncc(Cl)nc2cc1C. The van der Waals surface area contributed by atoms with Crippen LogP contribution in [0.5, 0.6) is 17.2 Å². The van der Waals surface area contributed by atoms with Gasteiger partial charge in [-0.2, -0.15) is 0 Å². The minimum absolute atomic E-state index is 0.188. The quantitative estimate of drug-likeness (QED) is 0.488. The highest BCUT2D eigenvalue weighted by molar-refractivity contribution is 6.29. The fourth-order valence-corrected chi connectivity index (χ4v) is 2.48. The van der Waals surface area contributed by atoms with E-state index in [0.29, 0.717) is 11.2 Å². The van der Waals surface area contributed by atoms with Gasteiger partial charge in [-0.15, -0.1) is 0 Å². The Kier molecular flexibility index (Phi) is 6.67. The van der Waals surface area contributed by atoms with E-state index in [9.17, 15) is 25.3 Å². The predicted octanol–water partition coefficient (Wildman–Crippen LogP) is 3.82. The van der Waals surface area contributed by atoms with Crippen LogP contribution in [0.25, 0.3) is 11.0 Å². The Bertz CT molecular complexity index is 1090. The first-order valence-corrected chi connectivity index (χ1v) is 8.22. The lowest BCUT2D eigenvalue weighted by Gasteiger charge is -2.05. The van der Waals surface area contributed by atoms with Gasteiger partial charge in [0, 0.05) is 6.07 Å². The van der Waals surface area contributed by atoms with Crippen LogP contribution < -0.4 is 9.47 Å². The van der Waals surface area contributed by atoms with Crippen molar-refractivity contribution in [1.82, 2.24) is 9.97 Å². The predicted molar refractivity (Wildman–Crippen MR) is 104 cm³/mol. The maximum absolute atomic E-state index is 10.5. The number of nitro benzene ring substituents is 2. The van der Waals surface area contributed by atoms with Crippen LogP contribution in [0.3, 0.4) is 0 Å². The number of aromatic nitrogens is 2. The van der Waals surface area contributed by atoms with Crippen LogP contribution in [0.4, 0.5) is 11.4 Å². The number of fused-ring (bicyclic) bond motifs is 1. The van der Waals surface area contributed by atoms with Gasteiger partial charge in [0.2, 0.25) is 0 Å². The van der Waals surface area contributed by atoms with Crippen LogP contribution in [0, 0.1) is 27.2 Å². The van der Waals surface area contributed by atoms with E-state index in [0.717, 1.165) is 28.4 Å². The number of benzene rings is 2. The second kappa shape index (κ2) is 8.97. The zero-order valence-corrected chi connectivity index (χ0v) is 16.2. The van der Waals surface area contributed by atoms with Crippen LogP contribution in [0.1, 0.15) is 5.56 Å². The van der Waals surface area contributed by atoms with Gasteiger partial charge < -0.3 is 14.6 Å². The number of rotatable bonds is 4. The van der Waals surface area contributed by atoms with Crippen molar-refractivity contribution in [2.75, 3.05) is 14.2 Å². The molecule has 1 N–H and O–H groups in total. The molecule has 3 rings (SSSR count). The van der Waals surface area contributed by atoms with Crippen molar-refractivity contribution < 1.29 is 24.4 Å². The van der Waals surface area contributed by atoms with Crippen LogP contribution in [0.15, 0.2) is 30.5 Å². The highest BCUT2D eigenvalue weighted by Gasteiger charge is 2.27. The van der Waals surface area contributed by atoms with Crippen LogP contribution in [0.2, 0.25) is 5.15 Å². The molecule has 0 aliphatic carbocycles. The molecule has 0 saturated heterocycles. The normalized spacial score (nSPS) is 10.1. The van der Waals surface area contributed by atoms with E-state index in [2.05, 4.69) is 14.7 Å². The summed E-state index contributed by atoms with van der Waals surface area (Å²) in [5, 5.41) is 30.5. The topological polar surface area (TPSA) is 151 Å². The molecule has 1 heterocycles. The average Bonchev–Trinajstić information content (AvgIpc) is 2.67. The summed E-state index contributed by atoms with van der Waals surface area (Å²) in [5.41, 5.74) is 1.09. The maximum atomic E-state index is 10.5. The number of aryl methyl sites for hydroxylation is 1. The molecule has 3 aromatic rings. The number of methoxy groups -OCH3 is 2. The third-order valence-electron chi connectivity index (χ3n) is 3.70. The molecular formula is C17H15ClN4O7. The van der Waals surface area contributed by atoms with Gasteiger partial charge in [-0.3, -0.25) is 25.2 Å². The summed E-state index contributed by atoms with van der Waals surface area (Å²) in [6.07, 6.45) is 1.53. The molecule has 12 heteroatoms. The Hall–Kier alpha value is -3.73. The van der Waals surface area contributed by atoms with Gasteiger partial charge >= 0.3 is 11.4 Å². The van der Waals surface area contributed by atoms with Crippen LogP contribution in [-0.4, -0.2) is 39.1 Å². The molecule has 0 saturated carbocycles. The Balaban J connectivity index is 0.000000207. The largest absolute Gasteiger partial charge is 0.504 e. The van der Waals surface area contributed by atoms with E-state index in [1.165, 1.54) is 13.3 Å². The Morgan fingerprint density at radius 1 is 0.966 bits per heavy atom. The Morgan fingerprint density at radius 3 is 2.10 bits per heavy atom. The van der Waals surface area contributed by atoms with Crippen molar-refractivity contribution in [3.63, 3.8) is 0 Å². The van der Waals surface area contributed by atoms with Crippen molar-refractivity contribution in [1.29, 1.82) is 0 Å². The molecule has 0 spiro atoms. The number of hydrogen-bond acceptors (Lipinski definition) is 9. The van der Waals surface area contributed by atoms with Crippen LogP contribution in [-0.2, 0) is 0 Å².